The molecule has 3 atom stereocenters. The van der Waals surface area contributed by atoms with Crippen LogP contribution in [0.4, 0.5) is 0 Å². The number of aromatic nitrogens is 1. The molecule has 2 bridgehead atoms. The third-order valence-electron chi connectivity index (χ3n) is 5.02. The van der Waals surface area contributed by atoms with E-state index in [1.807, 2.05) is 23.6 Å². The highest BCUT2D eigenvalue weighted by Crippen LogP contribution is 2.49. The fraction of sp³-hybridized carbons (Fsp3) is 0.529. The van der Waals surface area contributed by atoms with Gasteiger partial charge in [-0.25, -0.2) is 0 Å². The average molecular weight is 317 g/mol. The molecule has 0 N–H and O–H groups in total. The minimum atomic E-state index is -0.0989. The molecule has 22 heavy (non-hydrogen) atoms. The zero-order chi connectivity index (χ0) is 14.9. The molecule has 0 aliphatic heterocycles. The summed E-state index contributed by atoms with van der Waals surface area (Å²) in [5.74, 6) is 2.80. The Bertz CT molecular complexity index is 649. The van der Waals surface area contributed by atoms with E-state index in [1.165, 1.54) is 25.7 Å². The molecule has 2 aliphatic carbocycles. The first-order chi connectivity index (χ1) is 10.8. The molecule has 2 saturated carbocycles. The van der Waals surface area contributed by atoms with Crippen molar-refractivity contribution in [1.82, 2.24) is 5.16 Å². The van der Waals surface area contributed by atoms with Crippen LogP contribution in [0.5, 0.6) is 0 Å². The molecule has 5 heteroatoms. The summed E-state index contributed by atoms with van der Waals surface area (Å²) in [6.07, 6.45) is 5.77. The van der Waals surface area contributed by atoms with Gasteiger partial charge in [0.1, 0.15) is 12.3 Å². The lowest BCUT2D eigenvalue weighted by Gasteiger charge is -2.20. The summed E-state index contributed by atoms with van der Waals surface area (Å²) in [5, 5.41) is 5.96. The Labute approximate surface area is 133 Å². The second kappa shape index (κ2) is 5.88. The average Bonchev–Trinajstić information content (AvgIpc) is 3.27. The summed E-state index contributed by atoms with van der Waals surface area (Å²) < 4.78 is 10.7. The lowest BCUT2D eigenvalue weighted by molar-refractivity contribution is -0.146. The number of esters is 1. The van der Waals surface area contributed by atoms with E-state index in [2.05, 4.69) is 5.16 Å². The first kappa shape index (κ1) is 14.0. The van der Waals surface area contributed by atoms with Crippen LogP contribution in [0.2, 0.25) is 0 Å². The van der Waals surface area contributed by atoms with Gasteiger partial charge in [0.2, 0.25) is 0 Å². The van der Waals surface area contributed by atoms with Gasteiger partial charge in [-0.3, -0.25) is 4.79 Å². The maximum atomic E-state index is 12.0. The predicted molar refractivity (Wildman–Crippen MR) is 83.2 cm³/mol. The molecular weight excluding hydrogens is 298 g/mol. The third-order valence-corrected chi connectivity index (χ3v) is 5.90. The van der Waals surface area contributed by atoms with Gasteiger partial charge in [-0.2, -0.15) is 0 Å². The molecule has 0 saturated heterocycles. The molecule has 0 spiro atoms. The predicted octanol–water partition coefficient (Wildman–Crippen LogP) is 4.27. The zero-order valence-electron chi connectivity index (χ0n) is 12.4. The summed E-state index contributed by atoms with van der Waals surface area (Å²) in [6.45, 7) is 0.203. The van der Waals surface area contributed by atoms with Crippen LogP contribution in [-0.2, 0) is 16.1 Å². The van der Waals surface area contributed by atoms with Crippen LogP contribution in [0.3, 0.4) is 0 Å². The van der Waals surface area contributed by atoms with Gasteiger partial charge in [0.05, 0.1) is 4.88 Å². The Hall–Kier alpha value is -1.62. The van der Waals surface area contributed by atoms with Crippen LogP contribution in [-0.4, -0.2) is 11.1 Å². The maximum Gasteiger partial charge on any atom is 0.306 e. The van der Waals surface area contributed by atoms with E-state index in [0.29, 0.717) is 18.0 Å². The molecule has 4 rings (SSSR count). The van der Waals surface area contributed by atoms with Crippen molar-refractivity contribution in [3.63, 3.8) is 0 Å². The van der Waals surface area contributed by atoms with Crippen molar-refractivity contribution in [2.75, 3.05) is 0 Å². The number of ether oxygens (including phenoxy) is 1. The first-order valence-electron chi connectivity index (χ1n) is 7.93. The second-order valence-corrected chi connectivity index (χ2v) is 7.41. The maximum absolute atomic E-state index is 12.0. The van der Waals surface area contributed by atoms with Gasteiger partial charge in [0, 0.05) is 12.5 Å². The van der Waals surface area contributed by atoms with Gasteiger partial charge in [0.15, 0.2) is 5.76 Å². The Morgan fingerprint density at radius 1 is 1.41 bits per heavy atom. The summed E-state index contributed by atoms with van der Waals surface area (Å²) >= 11 is 1.60. The summed E-state index contributed by atoms with van der Waals surface area (Å²) in [4.78, 5) is 13.0. The largest absolute Gasteiger partial charge is 0.459 e. The van der Waals surface area contributed by atoms with E-state index in [-0.39, 0.29) is 12.6 Å². The van der Waals surface area contributed by atoms with Crippen LogP contribution >= 0.6 is 11.3 Å². The van der Waals surface area contributed by atoms with E-state index >= 15 is 0 Å². The van der Waals surface area contributed by atoms with Crippen LogP contribution in [0, 0.1) is 17.8 Å². The normalized spacial score (nSPS) is 26.5. The van der Waals surface area contributed by atoms with Crippen LogP contribution in [0.15, 0.2) is 28.1 Å². The number of fused-ring (bicyclic) bond motifs is 2. The van der Waals surface area contributed by atoms with Crippen molar-refractivity contribution in [1.29, 1.82) is 0 Å². The smallest absolute Gasteiger partial charge is 0.306 e. The van der Waals surface area contributed by atoms with E-state index in [9.17, 15) is 4.79 Å². The fourth-order valence-corrected chi connectivity index (χ4v) is 4.64. The summed E-state index contributed by atoms with van der Waals surface area (Å²) in [6, 6.07) is 5.80. The number of carbonyl (C=O) groups excluding carboxylic acids is 1. The van der Waals surface area contributed by atoms with Gasteiger partial charge >= 0.3 is 5.97 Å². The SMILES string of the molecule is O=C(C[C@H]1C[C@@H]2CC[C@@H]1C2)OCc1cc(-c2cccs2)on1. The minimum Gasteiger partial charge on any atom is -0.459 e. The third kappa shape index (κ3) is 2.82. The van der Waals surface area contributed by atoms with E-state index < -0.39 is 0 Å². The van der Waals surface area contributed by atoms with Crippen molar-refractivity contribution < 1.29 is 14.1 Å². The molecule has 2 aromatic heterocycles. The number of rotatable bonds is 5. The van der Waals surface area contributed by atoms with Crippen LogP contribution < -0.4 is 0 Å². The lowest BCUT2D eigenvalue weighted by Crippen LogP contribution is -2.16. The Kier molecular flexibility index (Phi) is 3.74. The number of thiophene rings is 1. The monoisotopic (exact) mass is 317 g/mol. The molecule has 2 aromatic rings. The molecule has 0 aromatic carbocycles. The molecule has 2 heterocycles. The summed E-state index contributed by atoms with van der Waals surface area (Å²) in [7, 11) is 0. The molecule has 2 aliphatic rings. The molecule has 0 unspecified atom stereocenters. The number of hydrogen-bond donors (Lipinski definition) is 0. The molecule has 0 radical (unpaired) electrons. The van der Waals surface area contributed by atoms with Crippen LogP contribution in [0.25, 0.3) is 10.6 Å². The highest BCUT2D eigenvalue weighted by molar-refractivity contribution is 7.13. The van der Waals surface area contributed by atoms with Crippen molar-refractivity contribution in [2.45, 2.75) is 38.7 Å². The number of nitrogens with zero attached hydrogens (tertiary/aromatic N) is 1. The molecule has 116 valence electrons. The van der Waals surface area contributed by atoms with Gasteiger partial charge in [-0.15, -0.1) is 11.3 Å². The lowest BCUT2D eigenvalue weighted by atomic mass is 9.86. The van der Waals surface area contributed by atoms with Crippen molar-refractivity contribution in [3.8, 4) is 10.6 Å². The Morgan fingerprint density at radius 2 is 2.36 bits per heavy atom. The van der Waals surface area contributed by atoms with Gasteiger partial charge in [0.25, 0.3) is 0 Å². The van der Waals surface area contributed by atoms with Crippen molar-refractivity contribution in [3.05, 3.63) is 29.3 Å². The van der Waals surface area contributed by atoms with Gasteiger partial charge in [-0.1, -0.05) is 17.6 Å². The van der Waals surface area contributed by atoms with E-state index in [1.54, 1.807) is 11.3 Å². The molecule has 0 amide bonds. The topological polar surface area (TPSA) is 52.3 Å². The minimum absolute atomic E-state index is 0.0989. The standard InChI is InChI=1S/C17H19NO3S/c19-17(8-13-7-11-3-4-12(13)6-11)20-10-14-9-15(21-18-14)16-2-1-5-22-16/h1-2,5,9,11-13H,3-4,6-8,10H2/t11-,12-,13-/m1/s1. The fourth-order valence-electron chi connectivity index (χ4n) is 3.97. The van der Waals surface area contributed by atoms with E-state index in [4.69, 9.17) is 9.26 Å². The second-order valence-electron chi connectivity index (χ2n) is 6.46. The number of hydrogen-bond acceptors (Lipinski definition) is 5. The zero-order valence-corrected chi connectivity index (χ0v) is 13.2. The Balaban J connectivity index is 1.28. The van der Waals surface area contributed by atoms with Crippen LogP contribution in [0.1, 0.15) is 37.8 Å². The molecule has 2 fully saturated rings. The number of carbonyl (C=O) groups is 1. The van der Waals surface area contributed by atoms with Gasteiger partial charge < -0.3 is 9.26 Å². The quantitative estimate of drug-likeness (QED) is 0.773. The van der Waals surface area contributed by atoms with Crippen molar-refractivity contribution >= 4 is 17.3 Å². The molecule has 4 nitrogen and oxygen atoms in total. The van der Waals surface area contributed by atoms with E-state index in [0.717, 1.165) is 22.5 Å². The first-order valence-corrected chi connectivity index (χ1v) is 8.81. The highest BCUT2D eigenvalue weighted by Gasteiger charge is 2.40. The molecular formula is C17H19NO3S. The summed E-state index contributed by atoms with van der Waals surface area (Å²) in [5.41, 5.74) is 0.671. The highest BCUT2D eigenvalue weighted by atomic mass is 32.1. The Morgan fingerprint density at radius 3 is 3.09 bits per heavy atom. The van der Waals surface area contributed by atoms with Gasteiger partial charge in [-0.05, 0) is 48.5 Å². The van der Waals surface area contributed by atoms with Crippen molar-refractivity contribution in [2.24, 2.45) is 17.8 Å².